The van der Waals surface area contributed by atoms with Gasteiger partial charge in [0.2, 0.25) is 0 Å². The van der Waals surface area contributed by atoms with Crippen LogP contribution in [-0.4, -0.2) is 16.8 Å². The van der Waals surface area contributed by atoms with E-state index >= 15 is 0 Å². The summed E-state index contributed by atoms with van der Waals surface area (Å²) in [6.07, 6.45) is 7.85. The van der Waals surface area contributed by atoms with Gasteiger partial charge in [0.15, 0.2) is 0 Å². The second-order valence-corrected chi connectivity index (χ2v) is 6.35. The van der Waals surface area contributed by atoms with Crippen molar-refractivity contribution in [2.24, 2.45) is 17.8 Å². The molecule has 0 radical (unpaired) electrons. The molecule has 14 heavy (non-hydrogen) atoms. The van der Waals surface area contributed by atoms with Crippen molar-refractivity contribution in [3.63, 3.8) is 0 Å². The summed E-state index contributed by atoms with van der Waals surface area (Å²) in [5, 5.41) is 0.388. The van der Waals surface area contributed by atoms with Crippen LogP contribution in [0.4, 0.5) is 0 Å². The normalized spacial score (nSPS) is 46.0. The Morgan fingerprint density at radius 1 is 1.00 bits per heavy atom. The lowest BCUT2D eigenvalue weighted by molar-refractivity contribution is -0.120. The molecule has 2 heteroatoms. The number of thioether (sulfide) groups is 1. The van der Waals surface area contributed by atoms with Crippen LogP contribution in [0.15, 0.2) is 0 Å². The van der Waals surface area contributed by atoms with Crippen molar-refractivity contribution in [1.29, 1.82) is 0 Å². The Morgan fingerprint density at radius 2 is 1.79 bits per heavy atom. The Kier molecular flexibility index (Phi) is 2.35. The maximum Gasteiger partial charge on any atom is 0.149 e. The van der Waals surface area contributed by atoms with Crippen LogP contribution in [0.5, 0.6) is 0 Å². The van der Waals surface area contributed by atoms with E-state index in [2.05, 4.69) is 0 Å². The Bertz CT molecular complexity index is 231. The molecule has 1 nitrogen and oxygen atoms in total. The molecule has 3 fully saturated rings. The highest BCUT2D eigenvalue weighted by atomic mass is 32.2. The lowest BCUT2D eigenvalue weighted by Crippen LogP contribution is -2.24. The van der Waals surface area contributed by atoms with E-state index < -0.39 is 0 Å². The zero-order valence-corrected chi connectivity index (χ0v) is 9.39. The van der Waals surface area contributed by atoms with Crippen molar-refractivity contribution < 1.29 is 4.79 Å². The molecule has 1 saturated heterocycles. The third kappa shape index (κ3) is 1.42. The topological polar surface area (TPSA) is 17.1 Å². The molecule has 3 atom stereocenters. The number of rotatable bonds is 2. The van der Waals surface area contributed by atoms with E-state index in [4.69, 9.17) is 0 Å². The Hall–Kier alpha value is 0.0200. The van der Waals surface area contributed by atoms with Crippen molar-refractivity contribution in [1.82, 2.24) is 0 Å². The summed E-state index contributed by atoms with van der Waals surface area (Å²) in [5.74, 6) is 4.01. The van der Waals surface area contributed by atoms with E-state index in [1.54, 1.807) is 0 Å². The van der Waals surface area contributed by atoms with Crippen LogP contribution in [-0.2, 0) is 4.79 Å². The van der Waals surface area contributed by atoms with E-state index in [1.165, 1.54) is 44.3 Å². The molecule has 3 rings (SSSR count). The Morgan fingerprint density at radius 3 is 2.43 bits per heavy atom. The van der Waals surface area contributed by atoms with E-state index in [9.17, 15) is 4.79 Å². The van der Waals surface area contributed by atoms with Crippen molar-refractivity contribution in [2.75, 3.05) is 5.75 Å². The third-order valence-corrected chi connectivity index (χ3v) is 5.63. The van der Waals surface area contributed by atoms with E-state index in [0.717, 1.165) is 11.8 Å². The van der Waals surface area contributed by atoms with Gasteiger partial charge in [-0.3, -0.25) is 4.79 Å². The molecule has 78 valence electrons. The number of carbonyl (C=O) groups is 1. The van der Waals surface area contributed by atoms with Crippen LogP contribution in [0.25, 0.3) is 0 Å². The summed E-state index contributed by atoms with van der Waals surface area (Å²) in [7, 11) is 0. The van der Waals surface area contributed by atoms with Gasteiger partial charge in [0.25, 0.3) is 0 Å². The number of hydrogen-bond acceptors (Lipinski definition) is 2. The van der Waals surface area contributed by atoms with Gasteiger partial charge in [0.1, 0.15) is 5.78 Å². The minimum Gasteiger partial charge on any atom is -0.298 e. The largest absolute Gasteiger partial charge is 0.298 e. The Labute approximate surface area is 90.0 Å². The molecule has 3 unspecified atom stereocenters. The van der Waals surface area contributed by atoms with Gasteiger partial charge in [-0.25, -0.2) is 0 Å². The maximum absolute atomic E-state index is 12.2. The van der Waals surface area contributed by atoms with Crippen molar-refractivity contribution in [3.8, 4) is 0 Å². The average molecular weight is 210 g/mol. The standard InChI is InChI=1S/C12H18OS/c13-12(10-6-1-2-7-14-10)11-8-4-3-5-9(8)11/h8-11H,1-7H2. The summed E-state index contributed by atoms with van der Waals surface area (Å²) in [4.78, 5) is 12.2. The lowest BCUT2D eigenvalue weighted by Gasteiger charge is -2.20. The van der Waals surface area contributed by atoms with Crippen LogP contribution < -0.4 is 0 Å². The van der Waals surface area contributed by atoms with Crippen molar-refractivity contribution in [2.45, 2.75) is 43.8 Å². The predicted octanol–water partition coefficient (Wildman–Crippen LogP) is 2.89. The van der Waals surface area contributed by atoms with Crippen LogP contribution in [0.1, 0.15) is 38.5 Å². The fraction of sp³-hybridized carbons (Fsp3) is 0.917. The van der Waals surface area contributed by atoms with Gasteiger partial charge in [0.05, 0.1) is 5.25 Å². The van der Waals surface area contributed by atoms with Gasteiger partial charge >= 0.3 is 0 Å². The molecular formula is C12H18OS. The molecule has 0 spiro atoms. The minimum absolute atomic E-state index is 0.388. The van der Waals surface area contributed by atoms with E-state index in [-0.39, 0.29) is 0 Å². The molecule has 0 aromatic heterocycles. The van der Waals surface area contributed by atoms with Crippen LogP contribution in [0, 0.1) is 17.8 Å². The van der Waals surface area contributed by atoms with Gasteiger partial charge in [-0.15, -0.1) is 0 Å². The molecule has 1 aliphatic heterocycles. The summed E-state index contributed by atoms with van der Waals surface area (Å²) in [6, 6.07) is 0. The maximum atomic E-state index is 12.2. The van der Waals surface area contributed by atoms with Gasteiger partial charge in [0, 0.05) is 5.92 Å². The highest BCUT2D eigenvalue weighted by Crippen LogP contribution is 2.58. The number of Topliss-reactive ketones (excluding diaryl/α,β-unsaturated/α-hetero) is 1. The van der Waals surface area contributed by atoms with Gasteiger partial charge < -0.3 is 0 Å². The fourth-order valence-electron chi connectivity index (χ4n) is 3.42. The molecule has 0 N–H and O–H groups in total. The number of carbonyl (C=O) groups excluding carboxylic acids is 1. The molecular weight excluding hydrogens is 192 g/mol. The number of ketones is 1. The quantitative estimate of drug-likeness (QED) is 0.697. The van der Waals surface area contributed by atoms with Gasteiger partial charge in [-0.05, 0) is 43.3 Å². The Balaban J connectivity index is 1.60. The lowest BCUT2D eigenvalue weighted by atomic mass is 10.0. The molecule has 1 heterocycles. The first-order valence-corrected chi connectivity index (χ1v) is 7.08. The predicted molar refractivity (Wildman–Crippen MR) is 59.4 cm³/mol. The second-order valence-electron chi connectivity index (χ2n) is 5.04. The monoisotopic (exact) mass is 210 g/mol. The molecule has 3 aliphatic rings. The summed E-state index contributed by atoms with van der Waals surface area (Å²) < 4.78 is 0. The van der Waals surface area contributed by atoms with Crippen molar-refractivity contribution in [3.05, 3.63) is 0 Å². The number of hydrogen-bond donors (Lipinski definition) is 0. The highest BCUT2D eigenvalue weighted by molar-refractivity contribution is 8.00. The molecule has 0 amide bonds. The van der Waals surface area contributed by atoms with Crippen LogP contribution in [0.2, 0.25) is 0 Å². The van der Waals surface area contributed by atoms with Gasteiger partial charge in [-0.1, -0.05) is 12.8 Å². The van der Waals surface area contributed by atoms with Crippen molar-refractivity contribution >= 4 is 17.5 Å². The smallest absolute Gasteiger partial charge is 0.149 e. The minimum atomic E-state index is 0.388. The van der Waals surface area contributed by atoms with Crippen LogP contribution >= 0.6 is 11.8 Å². The molecule has 2 aliphatic carbocycles. The second kappa shape index (κ2) is 3.55. The summed E-state index contributed by atoms with van der Waals surface area (Å²) in [6.45, 7) is 0. The molecule has 0 aromatic rings. The third-order valence-electron chi connectivity index (χ3n) is 4.23. The molecule has 0 bridgehead atoms. The van der Waals surface area contributed by atoms with Gasteiger partial charge in [-0.2, -0.15) is 11.8 Å². The number of fused-ring (bicyclic) bond motifs is 1. The van der Waals surface area contributed by atoms with E-state index in [1.807, 2.05) is 11.8 Å². The first kappa shape index (κ1) is 9.26. The van der Waals surface area contributed by atoms with E-state index in [0.29, 0.717) is 17.0 Å². The summed E-state index contributed by atoms with van der Waals surface area (Å²) >= 11 is 1.93. The first-order valence-electron chi connectivity index (χ1n) is 6.03. The molecule has 2 saturated carbocycles. The fourth-order valence-corrected chi connectivity index (χ4v) is 4.73. The first-order chi connectivity index (χ1) is 6.88. The zero-order chi connectivity index (χ0) is 9.54. The molecule has 0 aromatic carbocycles. The highest BCUT2D eigenvalue weighted by Gasteiger charge is 2.57. The van der Waals surface area contributed by atoms with Crippen LogP contribution in [0.3, 0.4) is 0 Å². The zero-order valence-electron chi connectivity index (χ0n) is 8.58. The SMILES string of the molecule is O=C(C1CCCCS1)C1C2CCCC21. The average Bonchev–Trinajstić information content (AvgIpc) is 2.72. The summed E-state index contributed by atoms with van der Waals surface area (Å²) in [5.41, 5.74) is 0.